The molecule has 0 aliphatic carbocycles. The molecule has 1 amide bonds. The van der Waals surface area contributed by atoms with Gasteiger partial charge in [0.05, 0.1) is 13.0 Å². The van der Waals surface area contributed by atoms with E-state index in [1.807, 2.05) is 30.3 Å². The summed E-state index contributed by atoms with van der Waals surface area (Å²) in [6, 6.07) is 27.0. The van der Waals surface area contributed by atoms with Crippen LogP contribution in [0.25, 0.3) is 11.1 Å². The fraction of sp³-hybridized carbons (Fsp3) is 0.269. The molecular formula is C26H27NO2. The molecule has 29 heavy (non-hydrogen) atoms. The standard InChI is InChI=1S/C26H27NO2/c1-26(2)24(21-11-9-19(10-12-21)18-7-5-4-6-8-18)17-23(25(28)27-26)20-13-15-22(29-3)16-14-20/h4-16,23-24H,17H2,1-3H3,(H,27,28)/t23-,24+/m1/s1. The Morgan fingerprint density at radius 3 is 2.03 bits per heavy atom. The molecule has 3 heteroatoms. The molecule has 1 fully saturated rings. The van der Waals surface area contributed by atoms with E-state index in [1.165, 1.54) is 16.7 Å². The van der Waals surface area contributed by atoms with E-state index in [0.29, 0.717) is 0 Å². The third kappa shape index (κ3) is 3.91. The van der Waals surface area contributed by atoms with E-state index in [-0.39, 0.29) is 23.3 Å². The lowest BCUT2D eigenvalue weighted by Crippen LogP contribution is -2.54. The maximum atomic E-state index is 12.8. The van der Waals surface area contributed by atoms with Gasteiger partial charge in [-0.15, -0.1) is 0 Å². The van der Waals surface area contributed by atoms with E-state index >= 15 is 0 Å². The van der Waals surface area contributed by atoms with Gasteiger partial charge in [0, 0.05) is 11.5 Å². The van der Waals surface area contributed by atoms with Crippen LogP contribution in [0.4, 0.5) is 0 Å². The zero-order chi connectivity index (χ0) is 20.4. The number of benzene rings is 3. The van der Waals surface area contributed by atoms with Crippen molar-refractivity contribution >= 4 is 5.91 Å². The van der Waals surface area contributed by atoms with Crippen molar-refractivity contribution in [3.05, 3.63) is 90.0 Å². The molecule has 1 N–H and O–H groups in total. The van der Waals surface area contributed by atoms with Crippen LogP contribution >= 0.6 is 0 Å². The third-order valence-electron chi connectivity index (χ3n) is 6.04. The zero-order valence-electron chi connectivity index (χ0n) is 17.2. The summed E-state index contributed by atoms with van der Waals surface area (Å²) in [5, 5.41) is 3.26. The van der Waals surface area contributed by atoms with E-state index < -0.39 is 0 Å². The lowest BCUT2D eigenvalue weighted by Gasteiger charge is -2.43. The highest BCUT2D eigenvalue weighted by Crippen LogP contribution is 2.42. The molecule has 0 radical (unpaired) electrons. The first-order valence-electron chi connectivity index (χ1n) is 10.1. The van der Waals surface area contributed by atoms with Crippen LogP contribution in [0.2, 0.25) is 0 Å². The van der Waals surface area contributed by atoms with E-state index in [0.717, 1.165) is 17.7 Å². The molecule has 1 aliphatic heterocycles. The van der Waals surface area contributed by atoms with Crippen molar-refractivity contribution in [3.8, 4) is 16.9 Å². The zero-order valence-corrected chi connectivity index (χ0v) is 17.2. The Hall–Kier alpha value is -3.07. The SMILES string of the molecule is COc1ccc([C@H]2C[C@@H](c3ccc(-c4ccccc4)cc3)C(C)(C)NC2=O)cc1. The van der Waals surface area contributed by atoms with Gasteiger partial charge in [0.15, 0.2) is 0 Å². The Labute approximate surface area is 172 Å². The number of amides is 1. The Balaban J connectivity index is 1.61. The van der Waals surface area contributed by atoms with Gasteiger partial charge in [0.2, 0.25) is 5.91 Å². The summed E-state index contributed by atoms with van der Waals surface area (Å²) in [7, 11) is 1.65. The summed E-state index contributed by atoms with van der Waals surface area (Å²) in [6.45, 7) is 4.23. The molecule has 3 nitrogen and oxygen atoms in total. The molecule has 4 rings (SSSR count). The fourth-order valence-electron chi connectivity index (χ4n) is 4.34. The number of nitrogens with one attached hydrogen (secondary N) is 1. The van der Waals surface area contributed by atoms with Gasteiger partial charge in [0.1, 0.15) is 5.75 Å². The topological polar surface area (TPSA) is 38.3 Å². The average molecular weight is 386 g/mol. The molecule has 1 aliphatic rings. The van der Waals surface area contributed by atoms with Crippen molar-refractivity contribution in [1.82, 2.24) is 5.32 Å². The second-order valence-corrected chi connectivity index (χ2v) is 8.31. The van der Waals surface area contributed by atoms with Gasteiger partial charge in [0.25, 0.3) is 0 Å². The highest BCUT2D eigenvalue weighted by Gasteiger charge is 2.42. The molecule has 2 atom stereocenters. The van der Waals surface area contributed by atoms with Crippen LogP contribution in [-0.2, 0) is 4.79 Å². The number of hydrogen-bond acceptors (Lipinski definition) is 2. The quantitative estimate of drug-likeness (QED) is 0.641. The Morgan fingerprint density at radius 2 is 1.41 bits per heavy atom. The highest BCUT2D eigenvalue weighted by molar-refractivity contribution is 5.85. The smallest absolute Gasteiger partial charge is 0.227 e. The molecule has 0 unspecified atom stereocenters. The lowest BCUT2D eigenvalue weighted by atomic mass is 9.71. The number of methoxy groups -OCH3 is 1. The van der Waals surface area contributed by atoms with Gasteiger partial charge in [-0.2, -0.15) is 0 Å². The van der Waals surface area contributed by atoms with Crippen LogP contribution in [-0.4, -0.2) is 18.6 Å². The van der Waals surface area contributed by atoms with Crippen LogP contribution in [0.1, 0.15) is 43.2 Å². The van der Waals surface area contributed by atoms with Gasteiger partial charge in [-0.3, -0.25) is 4.79 Å². The molecule has 0 saturated carbocycles. The van der Waals surface area contributed by atoms with Gasteiger partial charge < -0.3 is 10.1 Å². The number of carbonyl (C=O) groups is 1. The van der Waals surface area contributed by atoms with Crippen molar-refractivity contribution in [3.63, 3.8) is 0 Å². The van der Waals surface area contributed by atoms with Crippen molar-refractivity contribution in [2.75, 3.05) is 7.11 Å². The van der Waals surface area contributed by atoms with Crippen molar-refractivity contribution in [2.45, 2.75) is 37.6 Å². The van der Waals surface area contributed by atoms with Crippen LogP contribution < -0.4 is 10.1 Å². The predicted molar refractivity (Wildman–Crippen MR) is 117 cm³/mol. The minimum absolute atomic E-state index is 0.0947. The van der Waals surface area contributed by atoms with E-state index in [4.69, 9.17) is 4.74 Å². The van der Waals surface area contributed by atoms with E-state index in [2.05, 4.69) is 67.7 Å². The van der Waals surface area contributed by atoms with Crippen LogP contribution in [0.15, 0.2) is 78.9 Å². The fourth-order valence-corrected chi connectivity index (χ4v) is 4.34. The van der Waals surface area contributed by atoms with E-state index in [1.54, 1.807) is 7.11 Å². The monoisotopic (exact) mass is 385 g/mol. The third-order valence-corrected chi connectivity index (χ3v) is 6.04. The molecule has 3 aromatic carbocycles. The molecule has 0 bridgehead atoms. The van der Waals surface area contributed by atoms with Gasteiger partial charge in [-0.1, -0.05) is 66.7 Å². The number of piperidine rings is 1. The highest BCUT2D eigenvalue weighted by atomic mass is 16.5. The molecule has 0 aromatic heterocycles. The van der Waals surface area contributed by atoms with Gasteiger partial charge in [-0.05, 0) is 54.7 Å². The van der Waals surface area contributed by atoms with Gasteiger partial charge >= 0.3 is 0 Å². The first-order valence-corrected chi connectivity index (χ1v) is 10.1. The second kappa shape index (κ2) is 7.75. The van der Waals surface area contributed by atoms with Crippen molar-refractivity contribution in [1.29, 1.82) is 0 Å². The molecule has 0 spiro atoms. The Bertz CT molecular complexity index is 975. The van der Waals surface area contributed by atoms with Crippen LogP contribution in [0.3, 0.4) is 0 Å². The van der Waals surface area contributed by atoms with Crippen LogP contribution in [0.5, 0.6) is 5.75 Å². The summed E-state index contributed by atoms with van der Waals surface area (Å²) in [5.74, 6) is 0.973. The Morgan fingerprint density at radius 1 is 0.828 bits per heavy atom. The maximum absolute atomic E-state index is 12.8. The van der Waals surface area contributed by atoms with E-state index in [9.17, 15) is 4.79 Å². The first kappa shape index (κ1) is 19.3. The molecular weight excluding hydrogens is 358 g/mol. The predicted octanol–water partition coefficient (Wildman–Crippen LogP) is 5.53. The number of rotatable bonds is 4. The van der Waals surface area contributed by atoms with Crippen LogP contribution in [0, 0.1) is 0 Å². The molecule has 1 saturated heterocycles. The Kier molecular flexibility index (Phi) is 5.14. The number of ether oxygens (including phenoxy) is 1. The summed E-state index contributed by atoms with van der Waals surface area (Å²) in [4.78, 5) is 12.8. The summed E-state index contributed by atoms with van der Waals surface area (Å²) >= 11 is 0. The normalized spacial score (nSPS) is 20.7. The lowest BCUT2D eigenvalue weighted by molar-refractivity contribution is -0.127. The number of carbonyl (C=O) groups excluding carboxylic acids is 1. The summed E-state index contributed by atoms with van der Waals surface area (Å²) in [5.41, 5.74) is 4.41. The van der Waals surface area contributed by atoms with Crippen molar-refractivity contribution in [2.24, 2.45) is 0 Å². The maximum Gasteiger partial charge on any atom is 0.227 e. The van der Waals surface area contributed by atoms with Crippen molar-refractivity contribution < 1.29 is 9.53 Å². The van der Waals surface area contributed by atoms with Gasteiger partial charge in [-0.25, -0.2) is 0 Å². The largest absolute Gasteiger partial charge is 0.497 e. The average Bonchev–Trinajstić information content (AvgIpc) is 2.74. The minimum Gasteiger partial charge on any atom is -0.497 e. The summed E-state index contributed by atoms with van der Waals surface area (Å²) in [6.07, 6.45) is 0.788. The second-order valence-electron chi connectivity index (χ2n) is 8.31. The molecule has 3 aromatic rings. The molecule has 1 heterocycles. The first-order chi connectivity index (χ1) is 14.0. The molecule has 148 valence electrons. The summed E-state index contributed by atoms with van der Waals surface area (Å²) < 4.78 is 5.25. The number of hydrogen-bond donors (Lipinski definition) is 1. The minimum atomic E-state index is -0.297.